The van der Waals surface area contributed by atoms with Gasteiger partial charge in [-0.25, -0.2) is 13.1 Å². The summed E-state index contributed by atoms with van der Waals surface area (Å²) in [6, 6.07) is 3.17. The Hall–Kier alpha value is -0.820. The van der Waals surface area contributed by atoms with Gasteiger partial charge in [0.05, 0.1) is 7.11 Å². The summed E-state index contributed by atoms with van der Waals surface area (Å²) in [4.78, 5) is 0.101. The van der Waals surface area contributed by atoms with E-state index < -0.39 is 10.0 Å². The average Bonchev–Trinajstić information content (AvgIpc) is 3.16. The Morgan fingerprint density at radius 2 is 2.14 bits per heavy atom. The Bertz CT molecular complexity index is 619. The van der Waals surface area contributed by atoms with Crippen LogP contribution in [0.25, 0.3) is 0 Å². The summed E-state index contributed by atoms with van der Waals surface area (Å²) in [6.07, 6.45) is 1.87. The van der Waals surface area contributed by atoms with Crippen LogP contribution in [-0.2, 0) is 16.6 Å². The SMILES string of the molecule is CCC1CC1NS(=O)(=O)c1cc(Cl)cc(CNC)c1OC. The van der Waals surface area contributed by atoms with Crippen LogP contribution < -0.4 is 14.8 Å². The summed E-state index contributed by atoms with van der Waals surface area (Å²) in [7, 11) is -0.387. The van der Waals surface area contributed by atoms with Gasteiger partial charge in [-0.3, -0.25) is 0 Å². The van der Waals surface area contributed by atoms with Crippen LogP contribution in [0.5, 0.6) is 5.75 Å². The molecule has 118 valence electrons. The average molecular weight is 333 g/mol. The zero-order valence-electron chi connectivity index (χ0n) is 12.4. The summed E-state index contributed by atoms with van der Waals surface area (Å²) in [5.41, 5.74) is 0.718. The molecule has 7 heteroatoms. The van der Waals surface area contributed by atoms with E-state index in [1.54, 1.807) is 13.1 Å². The molecule has 1 aromatic rings. The zero-order valence-corrected chi connectivity index (χ0v) is 14.0. The van der Waals surface area contributed by atoms with Crippen LogP contribution in [0.4, 0.5) is 0 Å². The maximum absolute atomic E-state index is 12.6. The molecular weight excluding hydrogens is 312 g/mol. The van der Waals surface area contributed by atoms with E-state index in [1.165, 1.54) is 13.2 Å². The van der Waals surface area contributed by atoms with Crippen molar-refractivity contribution in [2.75, 3.05) is 14.2 Å². The summed E-state index contributed by atoms with van der Waals surface area (Å²) < 4.78 is 33.2. The molecular formula is C14H21ClN2O3S. The van der Waals surface area contributed by atoms with Crippen molar-refractivity contribution in [2.24, 2.45) is 5.92 Å². The third-order valence-electron chi connectivity index (χ3n) is 3.71. The number of benzene rings is 1. The number of hydrogen-bond acceptors (Lipinski definition) is 4. The van der Waals surface area contributed by atoms with E-state index in [-0.39, 0.29) is 10.9 Å². The second-order valence-corrected chi connectivity index (χ2v) is 7.38. The maximum atomic E-state index is 12.6. The van der Waals surface area contributed by atoms with Crippen molar-refractivity contribution >= 4 is 21.6 Å². The molecule has 0 bridgehead atoms. The van der Waals surface area contributed by atoms with Gasteiger partial charge in [-0.2, -0.15) is 0 Å². The molecule has 1 aliphatic carbocycles. The van der Waals surface area contributed by atoms with Crippen molar-refractivity contribution in [2.45, 2.75) is 37.2 Å². The van der Waals surface area contributed by atoms with E-state index in [0.29, 0.717) is 23.2 Å². The number of hydrogen-bond donors (Lipinski definition) is 2. The lowest BCUT2D eigenvalue weighted by Gasteiger charge is -2.15. The van der Waals surface area contributed by atoms with Gasteiger partial charge in [-0.05, 0) is 31.5 Å². The summed E-state index contributed by atoms with van der Waals surface area (Å²) >= 11 is 6.05. The van der Waals surface area contributed by atoms with E-state index in [2.05, 4.69) is 17.0 Å². The Kier molecular flexibility index (Phi) is 5.14. The maximum Gasteiger partial charge on any atom is 0.244 e. The quantitative estimate of drug-likeness (QED) is 0.803. The van der Waals surface area contributed by atoms with Gasteiger partial charge in [0.15, 0.2) is 0 Å². The molecule has 2 unspecified atom stereocenters. The van der Waals surface area contributed by atoms with E-state index in [1.807, 2.05) is 0 Å². The second-order valence-electron chi connectivity index (χ2n) is 5.26. The van der Waals surface area contributed by atoms with Crippen molar-refractivity contribution in [3.05, 3.63) is 22.7 Å². The fraction of sp³-hybridized carbons (Fsp3) is 0.571. The summed E-state index contributed by atoms with van der Waals surface area (Å²) in [6.45, 7) is 2.54. The molecule has 1 aromatic carbocycles. The molecule has 0 spiro atoms. The van der Waals surface area contributed by atoms with Gasteiger partial charge in [0.25, 0.3) is 0 Å². The van der Waals surface area contributed by atoms with Crippen molar-refractivity contribution < 1.29 is 13.2 Å². The van der Waals surface area contributed by atoms with Crippen LogP contribution >= 0.6 is 11.6 Å². The molecule has 5 nitrogen and oxygen atoms in total. The van der Waals surface area contributed by atoms with E-state index in [4.69, 9.17) is 16.3 Å². The first kappa shape index (κ1) is 16.5. The lowest BCUT2D eigenvalue weighted by molar-refractivity contribution is 0.396. The van der Waals surface area contributed by atoms with E-state index >= 15 is 0 Å². The minimum absolute atomic E-state index is 0.0245. The van der Waals surface area contributed by atoms with Gasteiger partial charge < -0.3 is 10.1 Å². The second kappa shape index (κ2) is 6.52. The Balaban J connectivity index is 2.37. The smallest absolute Gasteiger partial charge is 0.244 e. The lowest BCUT2D eigenvalue weighted by Crippen LogP contribution is -2.27. The number of nitrogens with one attached hydrogen (secondary N) is 2. The van der Waals surface area contributed by atoms with Crippen LogP contribution in [0.2, 0.25) is 5.02 Å². The Morgan fingerprint density at radius 1 is 1.43 bits per heavy atom. The van der Waals surface area contributed by atoms with Crippen LogP contribution in [0.3, 0.4) is 0 Å². The molecule has 0 saturated heterocycles. The van der Waals surface area contributed by atoms with E-state index in [9.17, 15) is 8.42 Å². The van der Waals surface area contributed by atoms with Gasteiger partial charge in [-0.1, -0.05) is 24.9 Å². The largest absolute Gasteiger partial charge is 0.495 e. The number of rotatable bonds is 7. The molecule has 0 aromatic heterocycles. The van der Waals surface area contributed by atoms with Crippen LogP contribution in [-0.4, -0.2) is 28.6 Å². The Labute approximate surface area is 131 Å². The van der Waals surface area contributed by atoms with Crippen LogP contribution in [0, 0.1) is 5.92 Å². The highest BCUT2D eigenvalue weighted by Gasteiger charge is 2.39. The normalized spacial score (nSPS) is 21.3. The summed E-state index contributed by atoms with van der Waals surface area (Å²) in [5.74, 6) is 0.775. The lowest BCUT2D eigenvalue weighted by atomic mass is 10.2. The first-order valence-corrected chi connectivity index (χ1v) is 8.82. The highest BCUT2D eigenvalue weighted by atomic mass is 35.5. The molecule has 2 rings (SSSR count). The fourth-order valence-corrected chi connectivity index (χ4v) is 4.34. The third-order valence-corrected chi connectivity index (χ3v) is 5.42. The monoisotopic (exact) mass is 332 g/mol. The molecule has 2 atom stereocenters. The standard InChI is InChI=1S/C14H21ClN2O3S/c1-4-9-6-12(9)17-21(18,19)13-7-11(15)5-10(8-16-2)14(13)20-3/h5,7,9,12,16-17H,4,6,8H2,1-3H3. The number of sulfonamides is 1. The number of methoxy groups -OCH3 is 1. The molecule has 1 aliphatic rings. The molecule has 21 heavy (non-hydrogen) atoms. The minimum atomic E-state index is -3.63. The van der Waals surface area contributed by atoms with Crippen molar-refractivity contribution in [1.82, 2.24) is 10.0 Å². The van der Waals surface area contributed by atoms with E-state index in [0.717, 1.165) is 18.4 Å². The van der Waals surface area contributed by atoms with Gasteiger partial charge in [0.2, 0.25) is 10.0 Å². The molecule has 0 heterocycles. The first-order chi connectivity index (χ1) is 9.92. The first-order valence-electron chi connectivity index (χ1n) is 6.96. The Morgan fingerprint density at radius 3 is 2.67 bits per heavy atom. The number of ether oxygens (including phenoxy) is 1. The van der Waals surface area contributed by atoms with Crippen molar-refractivity contribution in [3.63, 3.8) is 0 Å². The molecule has 1 saturated carbocycles. The highest BCUT2D eigenvalue weighted by molar-refractivity contribution is 7.89. The van der Waals surface area contributed by atoms with Crippen molar-refractivity contribution in [1.29, 1.82) is 0 Å². The van der Waals surface area contributed by atoms with Gasteiger partial charge in [-0.15, -0.1) is 0 Å². The van der Waals surface area contributed by atoms with Gasteiger partial charge >= 0.3 is 0 Å². The van der Waals surface area contributed by atoms with Crippen LogP contribution in [0.15, 0.2) is 17.0 Å². The summed E-state index contributed by atoms with van der Waals surface area (Å²) in [5, 5.41) is 3.36. The zero-order chi connectivity index (χ0) is 15.6. The molecule has 2 N–H and O–H groups in total. The predicted octanol–water partition coefficient (Wildman–Crippen LogP) is 2.14. The molecule has 0 radical (unpaired) electrons. The van der Waals surface area contributed by atoms with Gasteiger partial charge in [0.1, 0.15) is 10.6 Å². The minimum Gasteiger partial charge on any atom is -0.495 e. The van der Waals surface area contributed by atoms with Gasteiger partial charge in [0, 0.05) is 23.2 Å². The molecule has 0 amide bonds. The molecule has 0 aliphatic heterocycles. The van der Waals surface area contributed by atoms with Crippen LogP contribution in [0.1, 0.15) is 25.3 Å². The number of halogens is 1. The third kappa shape index (κ3) is 3.69. The molecule has 1 fully saturated rings. The van der Waals surface area contributed by atoms with Crippen molar-refractivity contribution in [3.8, 4) is 5.75 Å². The topological polar surface area (TPSA) is 67.4 Å². The highest BCUT2D eigenvalue weighted by Crippen LogP contribution is 2.37. The fourth-order valence-electron chi connectivity index (χ4n) is 2.48. The predicted molar refractivity (Wildman–Crippen MR) is 83.3 cm³/mol.